The topological polar surface area (TPSA) is 50.8 Å². The van der Waals surface area contributed by atoms with E-state index in [-0.39, 0.29) is 5.41 Å². The molecular weight excluding hydrogens is 374 g/mol. The van der Waals surface area contributed by atoms with Gasteiger partial charge in [0.05, 0.1) is 5.02 Å². The van der Waals surface area contributed by atoms with Gasteiger partial charge in [-0.25, -0.2) is 9.05 Å². The predicted molar refractivity (Wildman–Crippen MR) is 96.2 cm³/mol. The number of hydrogen-bond acceptors (Lipinski definition) is 4. The van der Waals surface area contributed by atoms with Crippen molar-refractivity contribution in [2.75, 3.05) is 13.2 Å². The summed E-state index contributed by atoms with van der Waals surface area (Å²) < 4.78 is 17.5. The molecule has 0 N–H and O–H groups in total. The van der Waals surface area contributed by atoms with Crippen molar-refractivity contribution in [3.8, 4) is 0 Å². The maximum absolute atomic E-state index is 13.3. The van der Waals surface area contributed by atoms with Gasteiger partial charge in [-0.2, -0.15) is 0 Å². The van der Waals surface area contributed by atoms with Crippen LogP contribution in [0.1, 0.15) is 25.3 Å². The zero-order valence-corrected chi connectivity index (χ0v) is 17.5. The molecule has 1 aromatic rings. The predicted octanol–water partition coefficient (Wildman–Crippen LogP) is 5.04. The molecule has 0 amide bonds. The Morgan fingerprint density at radius 1 is 1.22 bits per heavy atom. The van der Waals surface area contributed by atoms with Gasteiger partial charge < -0.3 is 9.32 Å². The minimum Gasteiger partial charge on any atom is -0.629 e. The van der Waals surface area contributed by atoms with Gasteiger partial charge in [-0.3, -0.25) is 0 Å². The lowest BCUT2D eigenvalue weighted by atomic mass is 9.97. The Balaban J connectivity index is 2.38. The molecule has 0 aromatic heterocycles. The van der Waals surface area contributed by atoms with Crippen LogP contribution >= 0.6 is 31.1 Å². The minimum atomic E-state index is -3.48. The highest BCUT2D eigenvalue weighted by molar-refractivity contribution is 7.59. The van der Waals surface area contributed by atoms with E-state index in [9.17, 15) is 4.89 Å². The molecule has 1 heterocycles. The fourth-order valence-corrected chi connectivity index (χ4v) is 6.89. The highest BCUT2D eigenvalue weighted by Gasteiger charge is 2.51. The lowest BCUT2D eigenvalue weighted by Gasteiger charge is -2.43. The fourth-order valence-electron chi connectivity index (χ4n) is 2.08. The Kier molecular flexibility index (Phi) is 5.87. The van der Waals surface area contributed by atoms with Crippen molar-refractivity contribution in [3.63, 3.8) is 0 Å². The maximum Gasteiger partial charge on any atom is 0.271 e. The normalized spacial score (nSPS) is 21.9. The van der Waals surface area contributed by atoms with Crippen LogP contribution < -0.4 is 4.89 Å². The van der Waals surface area contributed by atoms with Crippen LogP contribution in [0.3, 0.4) is 0 Å². The van der Waals surface area contributed by atoms with Gasteiger partial charge >= 0.3 is 0 Å². The van der Waals surface area contributed by atoms with Gasteiger partial charge in [0.2, 0.25) is 5.85 Å². The Bertz CT molecular complexity index is 567. The third kappa shape index (κ3) is 5.13. The monoisotopic (exact) mass is 396 g/mol. The molecule has 8 heteroatoms. The van der Waals surface area contributed by atoms with Crippen molar-refractivity contribution in [3.05, 3.63) is 33.8 Å². The Morgan fingerprint density at radius 2 is 1.78 bits per heavy atom. The molecule has 23 heavy (non-hydrogen) atoms. The van der Waals surface area contributed by atoms with Crippen LogP contribution in [-0.2, 0) is 13.5 Å². The lowest BCUT2D eigenvalue weighted by molar-refractivity contribution is -0.242. The van der Waals surface area contributed by atoms with Crippen LogP contribution in [0.5, 0.6) is 0 Å². The molecule has 0 radical (unpaired) electrons. The average molecular weight is 397 g/mol. The van der Waals surface area contributed by atoms with E-state index in [2.05, 4.69) is 0 Å². The van der Waals surface area contributed by atoms with Crippen molar-refractivity contribution in [2.24, 2.45) is 5.41 Å². The summed E-state index contributed by atoms with van der Waals surface area (Å²) in [4.78, 5) is 13.3. The van der Waals surface area contributed by atoms with Gasteiger partial charge in [0.25, 0.3) is 7.94 Å². The van der Waals surface area contributed by atoms with Crippen LogP contribution in [0, 0.1) is 5.41 Å². The number of hydrogen-bond donors (Lipinski definition) is 0. The third-order valence-corrected chi connectivity index (χ3v) is 6.89. The standard InChI is InChI=1S/C15H23Cl2O4PSi/c1-15(2)9-19-22(18,20-10-15)14(21-23(3,4)5)12-7-6-11(16)8-13(12)17/h6-8,14H,9-10H2,1-5H3. The van der Waals surface area contributed by atoms with Crippen LogP contribution in [-0.4, -0.2) is 21.5 Å². The van der Waals surface area contributed by atoms with E-state index < -0.39 is 22.1 Å². The van der Waals surface area contributed by atoms with Gasteiger partial charge in [0.1, 0.15) is 13.2 Å². The van der Waals surface area contributed by atoms with E-state index in [4.69, 9.17) is 36.7 Å². The average Bonchev–Trinajstić information content (AvgIpc) is 2.39. The molecule has 1 saturated heterocycles. The second kappa shape index (κ2) is 6.89. The van der Waals surface area contributed by atoms with Gasteiger partial charge in [-0.05, 0) is 37.8 Å². The first kappa shape index (κ1) is 19.6. The lowest BCUT2D eigenvalue weighted by Crippen LogP contribution is -2.40. The first-order valence-corrected chi connectivity index (χ1v) is 13.2. The Hall–Kier alpha value is 0.287. The SMILES string of the molecule is CC1(C)CO[P+]([O-])(C(O[Si](C)(C)C)c2ccc(Cl)cc2Cl)OC1. The summed E-state index contributed by atoms with van der Waals surface area (Å²) in [7, 11) is -5.51. The third-order valence-electron chi connectivity index (χ3n) is 3.25. The first-order valence-electron chi connectivity index (χ1n) is 7.43. The summed E-state index contributed by atoms with van der Waals surface area (Å²) in [6.07, 6.45) is 0. The zero-order valence-electron chi connectivity index (χ0n) is 14.1. The molecule has 1 unspecified atom stereocenters. The second-order valence-electron chi connectivity index (χ2n) is 7.50. The summed E-state index contributed by atoms with van der Waals surface area (Å²) in [6.45, 7) is 10.7. The van der Waals surface area contributed by atoms with Crippen molar-refractivity contribution in [1.82, 2.24) is 0 Å². The van der Waals surface area contributed by atoms with Crippen LogP contribution in [0.4, 0.5) is 0 Å². The molecular formula is C15H23Cl2O4PSi. The molecule has 1 aromatic carbocycles. The fraction of sp³-hybridized carbons (Fsp3) is 0.600. The van der Waals surface area contributed by atoms with Gasteiger partial charge in [-0.1, -0.05) is 37.0 Å². The molecule has 1 aliphatic heterocycles. The summed E-state index contributed by atoms with van der Waals surface area (Å²) >= 11 is 12.3. The van der Waals surface area contributed by atoms with Gasteiger partial charge in [0, 0.05) is 16.0 Å². The smallest absolute Gasteiger partial charge is 0.271 e. The molecule has 0 saturated carbocycles. The molecule has 0 aliphatic carbocycles. The molecule has 0 spiro atoms. The van der Waals surface area contributed by atoms with E-state index in [0.717, 1.165) is 0 Å². The molecule has 1 fully saturated rings. The zero-order chi connectivity index (χ0) is 17.5. The molecule has 0 bridgehead atoms. The first-order chi connectivity index (χ1) is 10.4. The number of rotatable bonds is 4. The summed E-state index contributed by atoms with van der Waals surface area (Å²) in [5, 5.41) is 0.906. The Morgan fingerprint density at radius 3 is 2.26 bits per heavy atom. The molecule has 1 aliphatic rings. The number of benzene rings is 1. The highest BCUT2D eigenvalue weighted by atomic mass is 35.5. The molecule has 1 atom stereocenters. The van der Waals surface area contributed by atoms with E-state index in [1.807, 2.05) is 33.5 Å². The van der Waals surface area contributed by atoms with E-state index in [1.54, 1.807) is 18.2 Å². The van der Waals surface area contributed by atoms with Crippen LogP contribution in [0.2, 0.25) is 29.7 Å². The van der Waals surface area contributed by atoms with Crippen molar-refractivity contribution >= 4 is 39.5 Å². The van der Waals surface area contributed by atoms with Crippen molar-refractivity contribution < 1.29 is 18.4 Å². The number of halogens is 2. The largest absolute Gasteiger partial charge is 0.629 e. The van der Waals surface area contributed by atoms with Gasteiger partial charge in [0.15, 0.2) is 8.32 Å². The quantitative estimate of drug-likeness (QED) is 0.528. The minimum absolute atomic E-state index is 0.179. The second-order valence-corrected chi connectivity index (χ2v) is 14.9. The van der Waals surface area contributed by atoms with Crippen molar-refractivity contribution in [1.29, 1.82) is 0 Å². The summed E-state index contributed by atoms with van der Waals surface area (Å²) in [5.74, 6) is -0.838. The van der Waals surface area contributed by atoms with Crippen molar-refractivity contribution in [2.45, 2.75) is 39.3 Å². The summed E-state index contributed by atoms with van der Waals surface area (Å²) in [5.41, 5.74) is 0.406. The van der Waals surface area contributed by atoms with E-state index >= 15 is 0 Å². The Labute approximate surface area is 149 Å². The van der Waals surface area contributed by atoms with Crippen LogP contribution in [0.25, 0.3) is 0 Å². The van der Waals surface area contributed by atoms with Gasteiger partial charge in [-0.15, -0.1) is 0 Å². The highest BCUT2D eigenvalue weighted by Crippen LogP contribution is 2.69. The van der Waals surface area contributed by atoms with Crippen LogP contribution in [0.15, 0.2) is 18.2 Å². The molecule has 4 nitrogen and oxygen atoms in total. The molecule has 130 valence electrons. The van der Waals surface area contributed by atoms with E-state index in [1.165, 1.54) is 0 Å². The summed E-state index contributed by atoms with van der Waals surface area (Å²) in [6, 6.07) is 5.03. The molecule has 2 rings (SSSR count). The maximum atomic E-state index is 13.3. The van der Waals surface area contributed by atoms with E-state index in [0.29, 0.717) is 28.8 Å².